The summed E-state index contributed by atoms with van der Waals surface area (Å²) in [6.45, 7) is 3.50. The molecule has 0 aliphatic heterocycles. The summed E-state index contributed by atoms with van der Waals surface area (Å²) in [6.07, 6.45) is -3.12. The van der Waals surface area contributed by atoms with Crippen LogP contribution >= 0.6 is 0 Å². The SMILES string of the molecule is CCCCOC(=O)[C@H](C)NC(=O)c1ccccc1C(F)(F)F. The first kappa shape index (κ1) is 18.0. The number of nitrogens with one attached hydrogen (secondary N) is 1. The number of carbonyl (C=O) groups is 2. The highest BCUT2D eigenvalue weighted by atomic mass is 19.4. The smallest absolute Gasteiger partial charge is 0.417 e. The molecular formula is C15H18F3NO3. The van der Waals surface area contributed by atoms with Crippen LogP contribution in [0.3, 0.4) is 0 Å². The first-order valence-corrected chi connectivity index (χ1v) is 6.91. The van der Waals surface area contributed by atoms with Crippen LogP contribution < -0.4 is 5.32 Å². The third-order valence-electron chi connectivity index (χ3n) is 2.92. The Balaban J connectivity index is 2.75. The zero-order chi connectivity index (χ0) is 16.8. The number of alkyl halides is 3. The standard InChI is InChI=1S/C15H18F3NO3/c1-3-4-9-22-14(21)10(2)19-13(20)11-7-5-6-8-12(11)15(16,17)18/h5-8,10H,3-4,9H2,1-2H3,(H,19,20)/t10-/m0/s1. The molecule has 0 saturated heterocycles. The molecular weight excluding hydrogens is 299 g/mol. The van der Waals surface area contributed by atoms with Gasteiger partial charge in [-0.1, -0.05) is 25.5 Å². The number of carbonyl (C=O) groups excluding carboxylic acids is 2. The van der Waals surface area contributed by atoms with E-state index >= 15 is 0 Å². The number of ether oxygens (including phenoxy) is 1. The zero-order valence-corrected chi connectivity index (χ0v) is 12.4. The molecule has 1 amide bonds. The van der Waals surface area contributed by atoms with E-state index in [1.54, 1.807) is 0 Å². The normalized spacial score (nSPS) is 12.6. The topological polar surface area (TPSA) is 55.4 Å². The molecule has 1 aromatic carbocycles. The zero-order valence-electron chi connectivity index (χ0n) is 12.4. The van der Waals surface area contributed by atoms with E-state index in [1.165, 1.54) is 19.1 Å². The van der Waals surface area contributed by atoms with E-state index in [-0.39, 0.29) is 6.61 Å². The van der Waals surface area contributed by atoms with Crippen molar-refractivity contribution in [3.8, 4) is 0 Å². The average molecular weight is 317 g/mol. The molecule has 1 N–H and O–H groups in total. The number of benzene rings is 1. The summed E-state index contributed by atoms with van der Waals surface area (Å²) in [5.41, 5.74) is -1.57. The molecule has 0 spiro atoms. The fraction of sp³-hybridized carbons (Fsp3) is 0.467. The minimum atomic E-state index is -4.64. The number of esters is 1. The summed E-state index contributed by atoms with van der Waals surface area (Å²) in [5.74, 6) is -1.64. The molecule has 0 radical (unpaired) electrons. The Morgan fingerprint density at radius 1 is 1.27 bits per heavy atom. The Morgan fingerprint density at radius 2 is 1.91 bits per heavy atom. The minimum Gasteiger partial charge on any atom is -0.464 e. The van der Waals surface area contributed by atoms with Gasteiger partial charge in [0.15, 0.2) is 0 Å². The highest BCUT2D eigenvalue weighted by Gasteiger charge is 2.35. The van der Waals surface area contributed by atoms with Crippen LogP contribution in [0, 0.1) is 0 Å². The summed E-state index contributed by atoms with van der Waals surface area (Å²) in [5, 5.41) is 2.22. The number of rotatable bonds is 6. The summed E-state index contributed by atoms with van der Waals surface area (Å²) < 4.78 is 43.4. The Hall–Kier alpha value is -2.05. The predicted molar refractivity (Wildman–Crippen MR) is 74.2 cm³/mol. The number of hydrogen-bond donors (Lipinski definition) is 1. The third kappa shape index (κ3) is 5.05. The van der Waals surface area contributed by atoms with Gasteiger partial charge in [-0.25, -0.2) is 4.79 Å². The van der Waals surface area contributed by atoms with Crippen molar-refractivity contribution in [3.63, 3.8) is 0 Å². The Morgan fingerprint density at radius 3 is 2.50 bits per heavy atom. The summed E-state index contributed by atoms with van der Waals surface area (Å²) in [4.78, 5) is 23.5. The molecule has 0 bridgehead atoms. The van der Waals surface area contributed by atoms with Gasteiger partial charge in [-0.2, -0.15) is 13.2 Å². The molecule has 0 unspecified atom stereocenters. The second-order valence-corrected chi connectivity index (χ2v) is 4.76. The minimum absolute atomic E-state index is 0.217. The molecule has 122 valence electrons. The fourth-order valence-corrected chi connectivity index (χ4v) is 1.70. The lowest BCUT2D eigenvalue weighted by molar-refractivity contribution is -0.145. The van der Waals surface area contributed by atoms with Crippen molar-refractivity contribution in [2.45, 2.75) is 38.9 Å². The van der Waals surface area contributed by atoms with E-state index in [0.29, 0.717) is 6.42 Å². The highest BCUT2D eigenvalue weighted by molar-refractivity contribution is 5.98. The van der Waals surface area contributed by atoms with Crippen LogP contribution in [0.25, 0.3) is 0 Å². The van der Waals surface area contributed by atoms with Gasteiger partial charge < -0.3 is 10.1 Å². The maximum absolute atomic E-state index is 12.8. The Kier molecular flexibility index (Phi) is 6.39. The molecule has 0 aliphatic rings. The van der Waals surface area contributed by atoms with E-state index in [1.807, 2.05) is 6.92 Å². The first-order chi connectivity index (χ1) is 10.3. The number of halogens is 3. The molecule has 0 fully saturated rings. The van der Waals surface area contributed by atoms with Gasteiger partial charge in [-0.15, -0.1) is 0 Å². The number of amides is 1. The van der Waals surface area contributed by atoms with Gasteiger partial charge >= 0.3 is 12.1 Å². The molecule has 0 saturated carbocycles. The average Bonchev–Trinajstić information content (AvgIpc) is 2.46. The molecule has 0 heterocycles. The third-order valence-corrected chi connectivity index (χ3v) is 2.92. The van der Waals surface area contributed by atoms with E-state index in [4.69, 9.17) is 4.74 Å². The van der Waals surface area contributed by atoms with Crippen LogP contribution in [0.4, 0.5) is 13.2 Å². The van der Waals surface area contributed by atoms with Crippen LogP contribution in [0.2, 0.25) is 0 Å². The monoisotopic (exact) mass is 317 g/mol. The van der Waals surface area contributed by atoms with E-state index in [2.05, 4.69) is 5.32 Å². The summed E-state index contributed by atoms with van der Waals surface area (Å²) >= 11 is 0. The molecule has 4 nitrogen and oxygen atoms in total. The fourth-order valence-electron chi connectivity index (χ4n) is 1.70. The Labute approximate surface area is 126 Å². The van der Waals surface area contributed by atoms with Crippen LogP contribution in [-0.2, 0) is 15.7 Å². The molecule has 0 aliphatic carbocycles. The van der Waals surface area contributed by atoms with Crippen molar-refractivity contribution in [2.24, 2.45) is 0 Å². The lowest BCUT2D eigenvalue weighted by Crippen LogP contribution is -2.40. The maximum atomic E-state index is 12.8. The van der Waals surface area contributed by atoms with Gasteiger partial charge in [-0.3, -0.25) is 4.79 Å². The Bertz CT molecular complexity index is 529. The van der Waals surface area contributed by atoms with E-state index in [0.717, 1.165) is 18.6 Å². The number of hydrogen-bond acceptors (Lipinski definition) is 3. The molecule has 1 atom stereocenters. The molecule has 1 aromatic rings. The van der Waals surface area contributed by atoms with Crippen molar-refractivity contribution in [1.82, 2.24) is 5.32 Å². The molecule has 1 rings (SSSR count). The van der Waals surface area contributed by atoms with Crippen LogP contribution in [0.15, 0.2) is 24.3 Å². The quantitative estimate of drug-likeness (QED) is 0.648. The van der Waals surface area contributed by atoms with Crippen LogP contribution in [-0.4, -0.2) is 24.5 Å². The van der Waals surface area contributed by atoms with Crippen LogP contribution in [0.5, 0.6) is 0 Å². The van der Waals surface area contributed by atoms with Crippen molar-refractivity contribution in [3.05, 3.63) is 35.4 Å². The summed E-state index contributed by atoms with van der Waals surface area (Å²) in [6, 6.07) is 3.38. The van der Waals surface area contributed by atoms with Gasteiger partial charge in [0.25, 0.3) is 5.91 Å². The van der Waals surface area contributed by atoms with Gasteiger partial charge in [0, 0.05) is 0 Å². The van der Waals surface area contributed by atoms with Crippen molar-refractivity contribution >= 4 is 11.9 Å². The van der Waals surface area contributed by atoms with Crippen molar-refractivity contribution < 1.29 is 27.5 Å². The number of unbranched alkanes of at least 4 members (excludes halogenated alkanes) is 1. The second kappa shape index (κ2) is 7.82. The maximum Gasteiger partial charge on any atom is 0.417 e. The second-order valence-electron chi connectivity index (χ2n) is 4.76. The summed E-state index contributed by atoms with van der Waals surface area (Å²) in [7, 11) is 0. The largest absolute Gasteiger partial charge is 0.464 e. The van der Waals surface area contributed by atoms with Gasteiger partial charge in [0.1, 0.15) is 6.04 Å². The van der Waals surface area contributed by atoms with Gasteiger partial charge in [0.2, 0.25) is 0 Å². The predicted octanol–water partition coefficient (Wildman–Crippen LogP) is 3.17. The molecule has 0 aromatic heterocycles. The lowest BCUT2D eigenvalue weighted by Gasteiger charge is -2.16. The lowest BCUT2D eigenvalue weighted by atomic mass is 10.1. The first-order valence-electron chi connectivity index (χ1n) is 6.91. The van der Waals surface area contributed by atoms with Crippen molar-refractivity contribution in [2.75, 3.05) is 6.61 Å². The van der Waals surface area contributed by atoms with E-state index in [9.17, 15) is 22.8 Å². The molecule has 7 heteroatoms. The van der Waals surface area contributed by atoms with Crippen LogP contribution in [0.1, 0.15) is 42.6 Å². The van der Waals surface area contributed by atoms with Gasteiger partial charge in [-0.05, 0) is 25.5 Å². The van der Waals surface area contributed by atoms with Crippen molar-refractivity contribution in [1.29, 1.82) is 0 Å². The highest BCUT2D eigenvalue weighted by Crippen LogP contribution is 2.31. The molecule has 22 heavy (non-hydrogen) atoms. The van der Waals surface area contributed by atoms with Gasteiger partial charge in [0.05, 0.1) is 17.7 Å². The van der Waals surface area contributed by atoms with E-state index < -0.39 is 35.2 Å².